The molecule has 2 heterocycles. The number of ether oxygens (including phenoxy) is 3. The summed E-state index contributed by atoms with van der Waals surface area (Å²) in [5, 5.41) is 3.09. The van der Waals surface area contributed by atoms with E-state index in [9.17, 15) is 4.79 Å². The average Bonchev–Trinajstić information content (AvgIpc) is 3.07. The van der Waals surface area contributed by atoms with Crippen LogP contribution < -0.4 is 19.5 Å². The largest absolute Gasteiger partial charge is 0.492 e. The van der Waals surface area contributed by atoms with Crippen LogP contribution in [0.1, 0.15) is 22.7 Å². The van der Waals surface area contributed by atoms with Gasteiger partial charge in [-0.25, -0.2) is 0 Å². The van der Waals surface area contributed by atoms with Crippen molar-refractivity contribution in [3.05, 3.63) is 47.0 Å². The lowest BCUT2D eigenvalue weighted by atomic mass is 9.88. The molecule has 2 aromatic carbocycles. The van der Waals surface area contributed by atoms with Crippen molar-refractivity contribution in [1.82, 2.24) is 0 Å². The Bertz CT molecular complexity index is 907. The molecule has 1 amide bonds. The molecule has 0 saturated carbocycles. The third-order valence-electron chi connectivity index (χ3n) is 5.41. The number of benzene rings is 2. The van der Waals surface area contributed by atoms with Crippen LogP contribution in [-0.4, -0.2) is 44.9 Å². The van der Waals surface area contributed by atoms with Gasteiger partial charge in [0, 0.05) is 12.1 Å². The molecule has 27 heavy (non-hydrogen) atoms. The highest BCUT2D eigenvalue weighted by Crippen LogP contribution is 2.50. The number of rotatable bonds is 3. The Kier molecular flexibility index (Phi) is 4.23. The fraction of sp³-hybridized carbons (Fsp3) is 0.381. The van der Waals surface area contributed by atoms with Crippen LogP contribution >= 0.6 is 0 Å². The molecule has 1 N–H and O–H groups in total. The molecule has 2 aromatic rings. The Morgan fingerprint density at radius 1 is 1.26 bits per heavy atom. The van der Waals surface area contributed by atoms with Gasteiger partial charge in [-0.2, -0.15) is 0 Å². The second-order valence-corrected chi connectivity index (χ2v) is 7.73. The van der Waals surface area contributed by atoms with Gasteiger partial charge in [0.25, 0.3) is 5.91 Å². The third-order valence-corrected chi connectivity index (χ3v) is 5.41. The molecule has 0 aromatic heterocycles. The minimum atomic E-state index is -0.404. The number of nitrogens with one attached hydrogen (secondary N) is 1. The number of amides is 1. The Labute approximate surface area is 159 Å². The third kappa shape index (κ3) is 3.00. The molecule has 0 bridgehead atoms. The van der Waals surface area contributed by atoms with Crippen LogP contribution in [0.4, 0.5) is 5.69 Å². The highest BCUT2D eigenvalue weighted by Gasteiger charge is 2.45. The predicted molar refractivity (Wildman–Crippen MR) is 102 cm³/mol. The maximum Gasteiger partial charge on any atom is 0.287 e. The molecule has 0 aliphatic carbocycles. The van der Waals surface area contributed by atoms with Crippen molar-refractivity contribution in [1.29, 1.82) is 0 Å². The van der Waals surface area contributed by atoms with Gasteiger partial charge in [0.1, 0.15) is 0 Å². The van der Waals surface area contributed by atoms with E-state index in [-0.39, 0.29) is 12.7 Å². The van der Waals surface area contributed by atoms with Gasteiger partial charge in [0.2, 0.25) is 12.5 Å². The highest BCUT2D eigenvalue weighted by molar-refractivity contribution is 5.96. The summed E-state index contributed by atoms with van der Waals surface area (Å²) in [5.74, 6) is 1.83. The van der Waals surface area contributed by atoms with Crippen molar-refractivity contribution < 1.29 is 23.5 Å². The maximum absolute atomic E-state index is 13.4. The summed E-state index contributed by atoms with van der Waals surface area (Å²) < 4.78 is 17.4. The Morgan fingerprint density at radius 3 is 2.81 bits per heavy atom. The van der Waals surface area contributed by atoms with Crippen molar-refractivity contribution in [2.75, 3.05) is 39.9 Å². The van der Waals surface area contributed by atoms with Gasteiger partial charge in [-0.15, -0.1) is 0 Å². The minimum Gasteiger partial charge on any atom is -0.492 e. The summed E-state index contributed by atoms with van der Waals surface area (Å²) in [6, 6.07) is 9.42. The summed E-state index contributed by atoms with van der Waals surface area (Å²) in [7, 11) is 5.77. The maximum atomic E-state index is 13.4. The molecule has 2 aliphatic heterocycles. The van der Waals surface area contributed by atoms with Crippen LogP contribution in [0, 0.1) is 6.92 Å². The molecular formula is C21H25N2O4+. The van der Waals surface area contributed by atoms with Crippen molar-refractivity contribution in [2.45, 2.75) is 19.4 Å². The fourth-order valence-electron chi connectivity index (χ4n) is 4.06. The van der Waals surface area contributed by atoms with Gasteiger partial charge in [-0.1, -0.05) is 12.1 Å². The van der Waals surface area contributed by atoms with Gasteiger partial charge in [-0.3, -0.25) is 4.79 Å². The van der Waals surface area contributed by atoms with E-state index in [2.05, 4.69) is 19.4 Å². The number of carbonyl (C=O) groups excluding carboxylic acids is 1. The number of anilines is 1. The number of carbonyl (C=O) groups is 1. The van der Waals surface area contributed by atoms with Gasteiger partial charge in [0.15, 0.2) is 17.5 Å². The first kappa shape index (κ1) is 17.7. The summed E-state index contributed by atoms with van der Waals surface area (Å²) in [5.41, 5.74) is 3.87. The van der Waals surface area contributed by atoms with Crippen LogP contribution in [0.15, 0.2) is 30.3 Å². The van der Waals surface area contributed by atoms with Gasteiger partial charge in [-0.05, 0) is 36.2 Å². The number of aryl methyl sites for hydroxylation is 1. The Hall–Kier alpha value is -2.73. The topological polar surface area (TPSA) is 56.8 Å². The van der Waals surface area contributed by atoms with E-state index >= 15 is 0 Å². The number of methoxy groups -OCH3 is 1. The van der Waals surface area contributed by atoms with Crippen molar-refractivity contribution in [2.24, 2.45) is 0 Å². The molecule has 0 radical (unpaired) electrons. The van der Waals surface area contributed by atoms with Crippen LogP contribution in [-0.2, 0) is 11.2 Å². The van der Waals surface area contributed by atoms with Gasteiger partial charge < -0.3 is 24.0 Å². The lowest BCUT2D eigenvalue weighted by Crippen LogP contribution is -2.52. The van der Waals surface area contributed by atoms with E-state index in [1.807, 2.05) is 37.3 Å². The number of hydrogen-bond acceptors (Lipinski definition) is 4. The SMILES string of the molecule is COc1c2c(cc3c1[C@H](C(=O)Nc1cccc(C)c1)[N+](C)(C)CC3)OCO2. The second kappa shape index (κ2) is 6.46. The lowest BCUT2D eigenvalue weighted by Gasteiger charge is -2.42. The van der Waals surface area contributed by atoms with E-state index in [4.69, 9.17) is 14.2 Å². The molecule has 0 fully saturated rings. The quantitative estimate of drug-likeness (QED) is 0.845. The smallest absolute Gasteiger partial charge is 0.287 e. The first-order valence-electron chi connectivity index (χ1n) is 9.10. The molecule has 1 atom stereocenters. The highest BCUT2D eigenvalue weighted by atomic mass is 16.7. The molecule has 0 spiro atoms. The van der Waals surface area contributed by atoms with E-state index < -0.39 is 6.04 Å². The number of fused-ring (bicyclic) bond motifs is 2. The Morgan fingerprint density at radius 2 is 2.07 bits per heavy atom. The van der Waals surface area contributed by atoms with Crippen molar-refractivity contribution in [3.63, 3.8) is 0 Å². The number of quaternary nitrogens is 1. The van der Waals surface area contributed by atoms with Crippen molar-refractivity contribution in [3.8, 4) is 17.2 Å². The minimum absolute atomic E-state index is 0.0521. The Balaban J connectivity index is 1.79. The summed E-state index contributed by atoms with van der Waals surface area (Å²) in [6.45, 7) is 3.03. The number of likely N-dealkylation sites (N-methyl/N-ethyl adjacent to an activating group) is 1. The number of nitrogens with zero attached hydrogens (tertiary/aromatic N) is 1. The normalized spacial score (nSPS) is 19.3. The molecule has 4 rings (SSSR count). The zero-order valence-electron chi connectivity index (χ0n) is 16.2. The van der Waals surface area contributed by atoms with Crippen LogP contribution in [0.2, 0.25) is 0 Å². The van der Waals surface area contributed by atoms with E-state index in [0.29, 0.717) is 21.7 Å². The molecule has 6 nitrogen and oxygen atoms in total. The van der Waals surface area contributed by atoms with Crippen LogP contribution in [0.3, 0.4) is 0 Å². The summed E-state index contributed by atoms with van der Waals surface area (Å²) >= 11 is 0. The first-order chi connectivity index (χ1) is 12.9. The van der Waals surface area contributed by atoms with Gasteiger partial charge >= 0.3 is 0 Å². The molecule has 142 valence electrons. The standard InChI is InChI=1S/C21H24N2O4/c1-13-6-5-7-15(10-13)22-21(24)18-17-14(8-9-23(18,2)3)11-16-19(20(17)25-4)27-12-26-16/h5-7,10-11,18H,8-9,12H2,1-4H3/p+1/t18-/m1/s1. The molecule has 0 saturated heterocycles. The average molecular weight is 369 g/mol. The molecule has 0 unspecified atom stereocenters. The number of hydrogen-bond donors (Lipinski definition) is 1. The van der Waals surface area contributed by atoms with Crippen LogP contribution in [0.5, 0.6) is 17.2 Å². The molecule has 6 heteroatoms. The first-order valence-corrected chi connectivity index (χ1v) is 9.10. The zero-order chi connectivity index (χ0) is 19.2. The monoisotopic (exact) mass is 369 g/mol. The van der Waals surface area contributed by atoms with Crippen molar-refractivity contribution >= 4 is 11.6 Å². The fourth-order valence-corrected chi connectivity index (χ4v) is 4.06. The predicted octanol–water partition coefficient (Wildman–Crippen LogP) is 3.04. The summed E-state index contributed by atoms with van der Waals surface area (Å²) in [4.78, 5) is 13.4. The van der Waals surface area contributed by atoms with E-state index in [0.717, 1.165) is 35.3 Å². The zero-order valence-corrected chi connectivity index (χ0v) is 16.2. The molecular weight excluding hydrogens is 344 g/mol. The molecule has 2 aliphatic rings. The van der Waals surface area contributed by atoms with Gasteiger partial charge in [0.05, 0.1) is 33.3 Å². The second-order valence-electron chi connectivity index (χ2n) is 7.73. The summed E-state index contributed by atoms with van der Waals surface area (Å²) in [6.07, 6.45) is 0.851. The van der Waals surface area contributed by atoms with E-state index in [1.165, 1.54) is 0 Å². The van der Waals surface area contributed by atoms with Crippen LogP contribution in [0.25, 0.3) is 0 Å². The lowest BCUT2D eigenvalue weighted by molar-refractivity contribution is -0.913. The van der Waals surface area contributed by atoms with E-state index in [1.54, 1.807) is 7.11 Å².